The van der Waals surface area contributed by atoms with Crippen LogP contribution >= 0.6 is 0 Å². The van der Waals surface area contributed by atoms with Crippen molar-refractivity contribution in [2.45, 2.75) is 57.0 Å². The molecular weight excluding hydrogens is 288 g/mol. The van der Waals surface area contributed by atoms with E-state index < -0.39 is 8.07 Å². The zero-order chi connectivity index (χ0) is 15.5. The Balaban J connectivity index is 2.02. The lowest BCUT2D eigenvalue weighted by Gasteiger charge is -2.41. The fourth-order valence-corrected chi connectivity index (χ4v) is 7.70. The van der Waals surface area contributed by atoms with Gasteiger partial charge in [-0.3, -0.25) is 0 Å². The molecule has 1 fully saturated rings. The van der Waals surface area contributed by atoms with Crippen molar-refractivity contribution in [3.63, 3.8) is 0 Å². The van der Waals surface area contributed by atoms with Crippen LogP contribution in [0.5, 0.6) is 0 Å². The first-order chi connectivity index (χ1) is 10.5. The molecule has 22 heavy (non-hydrogen) atoms. The van der Waals surface area contributed by atoms with Crippen molar-refractivity contribution < 1.29 is 9.47 Å². The third-order valence-corrected chi connectivity index (χ3v) is 7.86. The molecule has 3 heteroatoms. The van der Waals surface area contributed by atoms with E-state index >= 15 is 0 Å². The third kappa shape index (κ3) is 1.75. The molecule has 2 nitrogen and oxygen atoms in total. The first-order valence-corrected chi connectivity index (χ1v) is 12.0. The SMILES string of the molecule is COC1=C([Si](C)(C)C)C23OC(CC2CCC1)c1ccccc13. The van der Waals surface area contributed by atoms with Crippen molar-refractivity contribution in [3.8, 4) is 0 Å². The lowest BCUT2D eigenvalue weighted by Crippen LogP contribution is -2.44. The smallest absolute Gasteiger partial charge is 0.118 e. The first kappa shape index (κ1) is 14.5. The summed E-state index contributed by atoms with van der Waals surface area (Å²) in [4.78, 5) is 0. The van der Waals surface area contributed by atoms with Crippen LogP contribution in [0, 0.1) is 5.92 Å². The molecule has 4 rings (SSSR count). The maximum atomic E-state index is 6.78. The number of hydrogen-bond donors (Lipinski definition) is 0. The molecule has 3 unspecified atom stereocenters. The Labute approximate surface area is 134 Å². The van der Waals surface area contributed by atoms with Crippen LogP contribution in [0.1, 0.15) is 42.9 Å². The van der Waals surface area contributed by atoms with E-state index in [1.165, 1.54) is 41.3 Å². The lowest BCUT2D eigenvalue weighted by molar-refractivity contribution is -0.00972. The van der Waals surface area contributed by atoms with Gasteiger partial charge in [0.25, 0.3) is 0 Å². The summed E-state index contributed by atoms with van der Waals surface area (Å²) < 4.78 is 12.7. The van der Waals surface area contributed by atoms with Gasteiger partial charge in [0.15, 0.2) is 0 Å². The highest BCUT2D eigenvalue weighted by Crippen LogP contribution is 2.65. The van der Waals surface area contributed by atoms with Gasteiger partial charge in [-0.2, -0.15) is 0 Å². The summed E-state index contributed by atoms with van der Waals surface area (Å²) in [6, 6.07) is 8.90. The minimum absolute atomic E-state index is 0.187. The van der Waals surface area contributed by atoms with Gasteiger partial charge in [0.2, 0.25) is 0 Å². The van der Waals surface area contributed by atoms with Gasteiger partial charge >= 0.3 is 0 Å². The molecule has 1 aromatic carbocycles. The number of rotatable bonds is 2. The zero-order valence-corrected chi connectivity index (χ0v) is 15.1. The molecule has 1 spiro atoms. The molecule has 1 aliphatic carbocycles. The predicted octanol–water partition coefficient (Wildman–Crippen LogP) is 4.93. The van der Waals surface area contributed by atoms with Crippen molar-refractivity contribution in [3.05, 3.63) is 46.3 Å². The summed E-state index contributed by atoms with van der Waals surface area (Å²) in [6.45, 7) is 7.32. The van der Waals surface area contributed by atoms with E-state index in [9.17, 15) is 0 Å². The van der Waals surface area contributed by atoms with E-state index in [0.29, 0.717) is 12.0 Å². The average Bonchev–Trinajstić information content (AvgIpc) is 2.93. The minimum atomic E-state index is -1.56. The van der Waals surface area contributed by atoms with Crippen molar-refractivity contribution in [1.29, 1.82) is 0 Å². The number of allylic oxidation sites excluding steroid dienone is 1. The monoisotopic (exact) mass is 314 g/mol. The van der Waals surface area contributed by atoms with Gasteiger partial charge in [-0.1, -0.05) is 43.9 Å². The van der Waals surface area contributed by atoms with Crippen LogP contribution in [0.3, 0.4) is 0 Å². The predicted molar refractivity (Wildman–Crippen MR) is 91.3 cm³/mol. The molecule has 0 N–H and O–H groups in total. The van der Waals surface area contributed by atoms with Gasteiger partial charge in [-0.05, 0) is 41.5 Å². The molecule has 2 bridgehead atoms. The van der Waals surface area contributed by atoms with Crippen molar-refractivity contribution in [2.75, 3.05) is 7.11 Å². The van der Waals surface area contributed by atoms with Crippen LogP contribution in [0.25, 0.3) is 0 Å². The molecule has 0 amide bonds. The molecule has 0 saturated carbocycles. The Bertz CT molecular complexity index is 643. The molecule has 2 heterocycles. The molecular formula is C19H26O2Si. The second-order valence-corrected chi connectivity index (χ2v) is 13.0. The molecule has 2 aliphatic heterocycles. The molecule has 118 valence electrons. The second-order valence-electron chi connectivity index (χ2n) is 8.01. The largest absolute Gasteiger partial charge is 0.501 e. The Kier molecular flexibility index (Phi) is 3.11. The first-order valence-electron chi connectivity index (χ1n) is 8.54. The number of ether oxygens (including phenoxy) is 2. The molecule has 1 saturated heterocycles. The molecule has 3 aliphatic rings. The molecule has 1 aromatic rings. The average molecular weight is 315 g/mol. The summed E-state index contributed by atoms with van der Waals surface area (Å²) in [7, 11) is 0.283. The highest BCUT2D eigenvalue weighted by molar-refractivity contribution is 6.83. The van der Waals surface area contributed by atoms with E-state index in [1.807, 2.05) is 7.11 Å². The van der Waals surface area contributed by atoms with Gasteiger partial charge in [-0.25, -0.2) is 0 Å². The molecule has 3 atom stereocenters. The van der Waals surface area contributed by atoms with E-state index in [4.69, 9.17) is 9.47 Å². The normalized spacial score (nSPS) is 33.5. The Hall–Kier alpha value is -1.06. The number of benzene rings is 1. The Morgan fingerprint density at radius 1 is 1.23 bits per heavy atom. The van der Waals surface area contributed by atoms with Crippen molar-refractivity contribution >= 4 is 8.07 Å². The van der Waals surface area contributed by atoms with Gasteiger partial charge in [0.05, 0.1) is 27.0 Å². The standard InChI is InChI=1S/C19H26O2Si/c1-20-16-11-7-8-13-12-17-14-9-5-6-10-15(14)19(13,21-17)18(16)22(2,3)4/h5-6,9-10,13,17H,7-8,11-12H2,1-4H3. The zero-order valence-electron chi connectivity index (χ0n) is 14.1. The van der Waals surface area contributed by atoms with E-state index in [1.54, 1.807) is 0 Å². The number of fused-ring (bicyclic) bond motifs is 3. The van der Waals surface area contributed by atoms with E-state index in [2.05, 4.69) is 43.9 Å². The minimum Gasteiger partial charge on any atom is -0.501 e. The van der Waals surface area contributed by atoms with Crippen molar-refractivity contribution in [2.24, 2.45) is 5.92 Å². The van der Waals surface area contributed by atoms with Gasteiger partial charge in [-0.15, -0.1) is 0 Å². The van der Waals surface area contributed by atoms with Crippen molar-refractivity contribution in [1.82, 2.24) is 0 Å². The maximum absolute atomic E-state index is 6.78. The summed E-state index contributed by atoms with van der Waals surface area (Å²) in [6.07, 6.45) is 5.03. The number of hydrogen-bond acceptors (Lipinski definition) is 2. The summed E-state index contributed by atoms with van der Waals surface area (Å²) in [5.41, 5.74) is 2.67. The third-order valence-electron chi connectivity index (χ3n) is 5.71. The fourth-order valence-electron chi connectivity index (χ4n) is 5.12. The van der Waals surface area contributed by atoms with Crippen LogP contribution in [0.2, 0.25) is 19.6 Å². The highest BCUT2D eigenvalue weighted by Gasteiger charge is 2.61. The van der Waals surface area contributed by atoms with Crippen LogP contribution in [-0.2, 0) is 15.1 Å². The van der Waals surface area contributed by atoms with Gasteiger partial charge in [0, 0.05) is 6.42 Å². The quantitative estimate of drug-likeness (QED) is 0.720. The highest BCUT2D eigenvalue weighted by atomic mass is 28.3. The maximum Gasteiger partial charge on any atom is 0.118 e. The van der Waals surface area contributed by atoms with Crippen LogP contribution in [0.15, 0.2) is 35.2 Å². The second kappa shape index (κ2) is 4.72. The van der Waals surface area contributed by atoms with E-state index in [-0.39, 0.29) is 5.60 Å². The Morgan fingerprint density at radius 3 is 2.73 bits per heavy atom. The molecule has 0 radical (unpaired) electrons. The summed E-state index contributed by atoms with van der Waals surface area (Å²) in [5, 5.41) is 1.53. The Morgan fingerprint density at radius 2 is 2.00 bits per heavy atom. The van der Waals surface area contributed by atoms with Gasteiger partial charge in [0.1, 0.15) is 5.60 Å². The van der Waals surface area contributed by atoms with Crippen LogP contribution in [-0.4, -0.2) is 15.2 Å². The van der Waals surface area contributed by atoms with Crippen LogP contribution < -0.4 is 0 Å². The molecule has 0 aromatic heterocycles. The fraction of sp³-hybridized carbons (Fsp3) is 0.579. The van der Waals surface area contributed by atoms with Crippen LogP contribution in [0.4, 0.5) is 0 Å². The lowest BCUT2D eigenvalue weighted by atomic mass is 9.73. The summed E-state index contributed by atoms with van der Waals surface area (Å²) in [5.74, 6) is 1.85. The topological polar surface area (TPSA) is 18.5 Å². The van der Waals surface area contributed by atoms with Gasteiger partial charge < -0.3 is 9.47 Å². The number of methoxy groups -OCH3 is 1. The summed E-state index contributed by atoms with van der Waals surface area (Å²) >= 11 is 0. The van der Waals surface area contributed by atoms with E-state index in [0.717, 1.165) is 6.42 Å².